The molecule has 0 bridgehead atoms. The molecule has 0 aromatic rings. The number of unbranched alkanes of at least 4 members (excludes halogenated alkanes) is 1. The molecule has 0 radical (unpaired) electrons. The number of Topliss-reactive ketones (excluding diaryl/α,β-unsaturated/α-hetero) is 1. The Morgan fingerprint density at radius 1 is 1.70 bits per heavy atom. The van der Waals surface area contributed by atoms with Crippen molar-refractivity contribution in [3.8, 4) is 0 Å². The molecule has 0 aliphatic rings. The highest BCUT2D eigenvalue weighted by atomic mass is 127. The molecule has 0 fully saturated rings. The molecule has 0 aromatic heterocycles. The van der Waals surface area contributed by atoms with Crippen LogP contribution in [0.1, 0.15) is 33.1 Å². The van der Waals surface area contributed by atoms with Crippen LogP contribution in [0, 0.1) is 0 Å². The van der Waals surface area contributed by atoms with Crippen molar-refractivity contribution in [2.45, 2.75) is 39.2 Å². The third-order valence-corrected chi connectivity index (χ3v) is 2.22. The number of hydrogen-bond acceptors (Lipinski definition) is 2. The molecule has 0 rings (SSSR count). The molecule has 3 heteroatoms. The van der Waals surface area contributed by atoms with Crippen LogP contribution in [0.4, 0.5) is 0 Å². The Labute approximate surface area is 76.3 Å². The van der Waals surface area contributed by atoms with E-state index in [1.165, 1.54) is 0 Å². The highest BCUT2D eigenvalue weighted by Gasteiger charge is 2.09. The topological polar surface area (TPSA) is 29.1 Å². The van der Waals surface area contributed by atoms with Crippen molar-refractivity contribution in [1.29, 1.82) is 0 Å². The fraction of sp³-hybridized carbons (Fsp3) is 0.857. The molecule has 0 saturated carbocycles. The quantitative estimate of drug-likeness (QED) is 0.602. The Bertz CT molecular complexity index is 106. The van der Waals surface area contributed by atoms with Crippen molar-refractivity contribution in [3.63, 3.8) is 0 Å². The maximum atomic E-state index is 10.8. The van der Waals surface area contributed by atoms with Crippen LogP contribution in [-0.2, 0) is 4.79 Å². The van der Waals surface area contributed by atoms with Gasteiger partial charge in [-0.1, -0.05) is 19.8 Å². The minimum atomic E-state index is 0.0700. The molecule has 0 spiro atoms. The standard InChI is InChI=1S/C7H14INO/c1-3-4-5-7(9-8)6(2)10/h7,9H,3-5H2,1-2H3. The van der Waals surface area contributed by atoms with Crippen LogP contribution in [-0.4, -0.2) is 11.8 Å². The van der Waals surface area contributed by atoms with Crippen LogP contribution in [0.15, 0.2) is 0 Å². The summed E-state index contributed by atoms with van der Waals surface area (Å²) < 4.78 is 2.96. The molecule has 1 atom stereocenters. The Morgan fingerprint density at radius 2 is 2.30 bits per heavy atom. The zero-order chi connectivity index (χ0) is 7.98. The minimum Gasteiger partial charge on any atom is -0.298 e. The van der Waals surface area contributed by atoms with E-state index in [4.69, 9.17) is 0 Å². The van der Waals surface area contributed by atoms with Gasteiger partial charge in [0.2, 0.25) is 0 Å². The van der Waals surface area contributed by atoms with Crippen LogP contribution in [0.25, 0.3) is 0 Å². The first kappa shape index (κ1) is 10.4. The van der Waals surface area contributed by atoms with Gasteiger partial charge in [-0.2, -0.15) is 0 Å². The van der Waals surface area contributed by atoms with Gasteiger partial charge in [0.05, 0.1) is 6.04 Å². The average Bonchev–Trinajstić information content (AvgIpc) is 1.89. The summed E-state index contributed by atoms with van der Waals surface area (Å²) in [5.74, 6) is 0.239. The number of nitrogens with one attached hydrogen (secondary N) is 1. The van der Waals surface area contributed by atoms with Crippen molar-refractivity contribution >= 4 is 28.6 Å². The molecule has 0 amide bonds. The van der Waals surface area contributed by atoms with Crippen molar-refractivity contribution < 1.29 is 4.79 Å². The largest absolute Gasteiger partial charge is 0.298 e. The van der Waals surface area contributed by atoms with Gasteiger partial charge in [-0.25, -0.2) is 0 Å². The van der Waals surface area contributed by atoms with Gasteiger partial charge >= 0.3 is 0 Å². The lowest BCUT2D eigenvalue weighted by Crippen LogP contribution is -2.27. The Hall–Kier alpha value is 0.360. The van der Waals surface area contributed by atoms with E-state index in [0.717, 1.165) is 19.3 Å². The van der Waals surface area contributed by atoms with E-state index in [-0.39, 0.29) is 11.8 Å². The van der Waals surface area contributed by atoms with Gasteiger partial charge in [0, 0.05) is 22.9 Å². The fourth-order valence-corrected chi connectivity index (χ4v) is 1.49. The summed E-state index contributed by atoms with van der Waals surface area (Å²) in [6.45, 7) is 3.76. The van der Waals surface area contributed by atoms with Gasteiger partial charge in [-0.3, -0.25) is 8.32 Å². The lowest BCUT2D eigenvalue weighted by molar-refractivity contribution is -0.118. The van der Waals surface area contributed by atoms with Gasteiger partial charge in [0.1, 0.15) is 5.78 Å². The second kappa shape index (κ2) is 6.09. The van der Waals surface area contributed by atoms with Crippen molar-refractivity contribution in [2.24, 2.45) is 0 Å². The zero-order valence-electron chi connectivity index (χ0n) is 6.48. The molecular formula is C7H14INO. The Morgan fingerprint density at radius 3 is 2.60 bits per heavy atom. The zero-order valence-corrected chi connectivity index (χ0v) is 8.64. The van der Waals surface area contributed by atoms with Gasteiger partial charge in [0.25, 0.3) is 0 Å². The smallest absolute Gasteiger partial charge is 0.147 e. The number of halogens is 1. The third-order valence-electron chi connectivity index (χ3n) is 1.47. The maximum absolute atomic E-state index is 10.8. The predicted molar refractivity (Wildman–Crippen MR) is 51.1 cm³/mol. The van der Waals surface area contributed by atoms with Crippen LogP contribution < -0.4 is 3.53 Å². The van der Waals surface area contributed by atoms with Gasteiger partial charge in [-0.15, -0.1) is 0 Å². The summed E-state index contributed by atoms with van der Waals surface area (Å²) in [6, 6.07) is 0.0700. The molecule has 0 heterocycles. The fourth-order valence-electron chi connectivity index (χ4n) is 0.743. The van der Waals surface area contributed by atoms with E-state index in [1.54, 1.807) is 6.92 Å². The molecule has 1 N–H and O–H groups in total. The van der Waals surface area contributed by atoms with Crippen molar-refractivity contribution in [2.75, 3.05) is 0 Å². The summed E-state index contributed by atoms with van der Waals surface area (Å²) in [5.41, 5.74) is 0. The second-order valence-corrected chi connectivity index (χ2v) is 3.04. The maximum Gasteiger partial charge on any atom is 0.147 e. The Balaban J connectivity index is 3.50. The summed E-state index contributed by atoms with van der Waals surface area (Å²) in [4.78, 5) is 10.8. The summed E-state index contributed by atoms with van der Waals surface area (Å²) in [6.07, 6.45) is 3.25. The van der Waals surface area contributed by atoms with Gasteiger partial charge in [-0.05, 0) is 13.3 Å². The molecule has 60 valence electrons. The van der Waals surface area contributed by atoms with Crippen LogP contribution in [0.2, 0.25) is 0 Å². The van der Waals surface area contributed by atoms with Crippen molar-refractivity contribution in [3.05, 3.63) is 0 Å². The number of carbonyl (C=O) groups excluding carboxylic acids is 1. The Kier molecular flexibility index (Phi) is 6.31. The molecule has 2 nitrogen and oxygen atoms in total. The second-order valence-electron chi connectivity index (χ2n) is 2.41. The van der Waals surface area contributed by atoms with Gasteiger partial charge < -0.3 is 0 Å². The molecule has 0 saturated heterocycles. The SMILES string of the molecule is CCCCC(NI)C(C)=O. The predicted octanol–water partition coefficient (Wildman–Crippen LogP) is 2.07. The highest BCUT2D eigenvalue weighted by Crippen LogP contribution is 2.02. The summed E-state index contributed by atoms with van der Waals surface area (Å²) >= 11 is 2.03. The van der Waals surface area contributed by atoms with E-state index in [1.807, 2.05) is 22.9 Å². The normalized spacial score (nSPS) is 13.1. The number of hydrogen-bond donors (Lipinski definition) is 1. The first-order chi connectivity index (χ1) is 4.72. The molecule has 0 aliphatic carbocycles. The number of carbonyl (C=O) groups is 1. The minimum absolute atomic E-state index is 0.0700. The molecular weight excluding hydrogens is 241 g/mol. The number of rotatable bonds is 5. The van der Waals surface area contributed by atoms with Crippen LogP contribution in [0.5, 0.6) is 0 Å². The molecule has 1 unspecified atom stereocenters. The van der Waals surface area contributed by atoms with Crippen LogP contribution >= 0.6 is 22.9 Å². The summed E-state index contributed by atoms with van der Waals surface area (Å²) in [7, 11) is 0. The lowest BCUT2D eigenvalue weighted by Gasteiger charge is -2.09. The monoisotopic (exact) mass is 255 g/mol. The molecule has 0 aliphatic heterocycles. The summed E-state index contributed by atoms with van der Waals surface area (Å²) in [5, 5.41) is 0. The van der Waals surface area contributed by atoms with E-state index in [2.05, 4.69) is 10.5 Å². The van der Waals surface area contributed by atoms with Crippen molar-refractivity contribution in [1.82, 2.24) is 3.53 Å². The lowest BCUT2D eigenvalue weighted by atomic mass is 10.1. The third kappa shape index (κ3) is 4.22. The van der Waals surface area contributed by atoms with E-state index in [9.17, 15) is 4.79 Å². The molecule has 0 aromatic carbocycles. The van der Waals surface area contributed by atoms with Gasteiger partial charge in [0.15, 0.2) is 0 Å². The average molecular weight is 255 g/mol. The first-order valence-corrected chi connectivity index (χ1v) is 4.66. The highest BCUT2D eigenvalue weighted by molar-refractivity contribution is 14.1. The first-order valence-electron chi connectivity index (χ1n) is 3.59. The van der Waals surface area contributed by atoms with E-state index >= 15 is 0 Å². The van der Waals surface area contributed by atoms with Crippen LogP contribution in [0.3, 0.4) is 0 Å². The van der Waals surface area contributed by atoms with E-state index < -0.39 is 0 Å². The van der Waals surface area contributed by atoms with E-state index in [0.29, 0.717) is 0 Å². The number of ketones is 1. The molecule has 10 heavy (non-hydrogen) atoms.